The average molecular weight is 224 g/mol. The third kappa shape index (κ3) is 2.64. The number of hydrazine groups is 1. The van der Waals surface area contributed by atoms with E-state index in [9.17, 15) is 4.79 Å². The van der Waals surface area contributed by atoms with Gasteiger partial charge in [-0.2, -0.15) is 0 Å². The summed E-state index contributed by atoms with van der Waals surface area (Å²) < 4.78 is 10.7. The second-order valence-corrected chi connectivity index (χ2v) is 3.74. The van der Waals surface area contributed by atoms with Gasteiger partial charge in [0.15, 0.2) is 17.1 Å². The van der Waals surface area contributed by atoms with Gasteiger partial charge in [-0.1, -0.05) is 12.1 Å². The van der Waals surface area contributed by atoms with E-state index in [1.165, 1.54) is 7.11 Å². The summed E-state index contributed by atoms with van der Waals surface area (Å²) in [4.78, 5) is 11.4. The van der Waals surface area contributed by atoms with Crippen molar-refractivity contribution in [2.24, 2.45) is 5.84 Å². The van der Waals surface area contributed by atoms with Crippen molar-refractivity contribution < 1.29 is 14.3 Å². The molecule has 1 rings (SSSR count). The summed E-state index contributed by atoms with van der Waals surface area (Å²) in [6.07, 6.45) is 0. The lowest BCUT2D eigenvalue weighted by Crippen LogP contribution is -2.49. The van der Waals surface area contributed by atoms with Crippen molar-refractivity contribution in [3.8, 4) is 11.5 Å². The van der Waals surface area contributed by atoms with E-state index in [4.69, 9.17) is 15.3 Å². The topological polar surface area (TPSA) is 73.6 Å². The predicted molar refractivity (Wildman–Crippen MR) is 60.0 cm³/mol. The Balaban J connectivity index is 2.91. The highest BCUT2D eigenvalue weighted by Crippen LogP contribution is 2.29. The zero-order valence-corrected chi connectivity index (χ0v) is 9.61. The Morgan fingerprint density at radius 1 is 1.31 bits per heavy atom. The van der Waals surface area contributed by atoms with Crippen LogP contribution in [-0.2, 0) is 4.79 Å². The molecule has 0 saturated carbocycles. The Kier molecular flexibility index (Phi) is 3.73. The van der Waals surface area contributed by atoms with Crippen molar-refractivity contribution in [1.82, 2.24) is 5.43 Å². The van der Waals surface area contributed by atoms with Gasteiger partial charge in [0.1, 0.15) is 0 Å². The summed E-state index contributed by atoms with van der Waals surface area (Å²) in [5.41, 5.74) is 1.01. The number of nitrogens with two attached hydrogens (primary N) is 1. The summed E-state index contributed by atoms with van der Waals surface area (Å²) in [7, 11) is 1.54. The molecule has 0 aliphatic heterocycles. The van der Waals surface area contributed by atoms with Crippen LogP contribution in [0.2, 0.25) is 0 Å². The Morgan fingerprint density at radius 2 is 1.88 bits per heavy atom. The maximum absolute atomic E-state index is 11.4. The van der Waals surface area contributed by atoms with Gasteiger partial charge in [-0.3, -0.25) is 10.2 Å². The molecule has 1 amide bonds. The van der Waals surface area contributed by atoms with Gasteiger partial charge in [0, 0.05) is 0 Å². The molecule has 0 radical (unpaired) electrons. The number of amides is 1. The molecule has 0 spiro atoms. The lowest BCUT2D eigenvalue weighted by molar-refractivity contribution is -0.134. The first-order chi connectivity index (χ1) is 7.51. The molecule has 0 aliphatic rings. The molecule has 0 heterocycles. The van der Waals surface area contributed by atoms with Crippen molar-refractivity contribution in [1.29, 1.82) is 0 Å². The number of hydrogen-bond acceptors (Lipinski definition) is 4. The standard InChI is InChI=1S/C11H16N2O3/c1-11(2,10(14)13-12)16-9-7-5-4-6-8(9)15-3/h4-7H,12H2,1-3H3,(H,13,14). The van der Waals surface area contributed by atoms with Crippen LogP contribution in [0.1, 0.15) is 13.8 Å². The first-order valence-corrected chi connectivity index (χ1v) is 4.84. The number of rotatable bonds is 4. The number of hydrogen-bond donors (Lipinski definition) is 2. The summed E-state index contributed by atoms with van der Waals surface area (Å²) in [5.74, 6) is 5.74. The largest absolute Gasteiger partial charge is 0.493 e. The van der Waals surface area contributed by atoms with Crippen LogP contribution in [-0.4, -0.2) is 18.6 Å². The second kappa shape index (κ2) is 4.85. The highest BCUT2D eigenvalue weighted by Gasteiger charge is 2.30. The summed E-state index contributed by atoms with van der Waals surface area (Å²) in [6.45, 7) is 3.25. The molecule has 1 aromatic rings. The molecule has 0 atom stereocenters. The Hall–Kier alpha value is -1.75. The van der Waals surface area contributed by atoms with Gasteiger partial charge in [-0.15, -0.1) is 0 Å². The van der Waals surface area contributed by atoms with Crippen LogP contribution in [0.3, 0.4) is 0 Å². The van der Waals surface area contributed by atoms with Gasteiger partial charge in [0.25, 0.3) is 5.91 Å². The number of para-hydroxylation sites is 2. The molecule has 0 unspecified atom stereocenters. The molecular weight excluding hydrogens is 208 g/mol. The minimum Gasteiger partial charge on any atom is -0.493 e. The van der Waals surface area contributed by atoms with Crippen LogP contribution in [0.25, 0.3) is 0 Å². The van der Waals surface area contributed by atoms with Crippen molar-refractivity contribution in [2.75, 3.05) is 7.11 Å². The normalized spacial score (nSPS) is 10.8. The quantitative estimate of drug-likeness (QED) is 0.451. The number of carbonyl (C=O) groups is 1. The van der Waals surface area contributed by atoms with E-state index < -0.39 is 11.5 Å². The molecule has 0 saturated heterocycles. The third-order valence-electron chi connectivity index (χ3n) is 2.11. The molecule has 0 aromatic heterocycles. The number of nitrogens with one attached hydrogen (secondary N) is 1. The first-order valence-electron chi connectivity index (χ1n) is 4.84. The minimum absolute atomic E-state index is 0.404. The van der Waals surface area contributed by atoms with Crippen LogP contribution >= 0.6 is 0 Å². The smallest absolute Gasteiger partial charge is 0.277 e. The van der Waals surface area contributed by atoms with E-state index in [1.807, 2.05) is 6.07 Å². The van der Waals surface area contributed by atoms with Gasteiger partial charge in [0.05, 0.1) is 7.11 Å². The SMILES string of the molecule is COc1ccccc1OC(C)(C)C(=O)NN. The summed E-state index contributed by atoms with van der Waals surface area (Å²) >= 11 is 0. The van der Waals surface area contributed by atoms with Crippen molar-refractivity contribution >= 4 is 5.91 Å². The fraction of sp³-hybridized carbons (Fsp3) is 0.364. The molecule has 5 heteroatoms. The van der Waals surface area contributed by atoms with Crippen LogP contribution in [0.4, 0.5) is 0 Å². The van der Waals surface area contributed by atoms with Crippen LogP contribution in [0.15, 0.2) is 24.3 Å². The van der Waals surface area contributed by atoms with E-state index in [-0.39, 0.29) is 0 Å². The number of ether oxygens (including phenoxy) is 2. The van der Waals surface area contributed by atoms with Gasteiger partial charge in [0.2, 0.25) is 0 Å². The zero-order valence-electron chi connectivity index (χ0n) is 9.61. The Bertz CT molecular complexity index is 377. The van der Waals surface area contributed by atoms with Crippen LogP contribution in [0.5, 0.6) is 11.5 Å². The monoisotopic (exact) mass is 224 g/mol. The van der Waals surface area contributed by atoms with Gasteiger partial charge >= 0.3 is 0 Å². The van der Waals surface area contributed by atoms with Crippen molar-refractivity contribution in [2.45, 2.75) is 19.4 Å². The second-order valence-electron chi connectivity index (χ2n) is 3.74. The molecule has 88 valence electrons. The highest BCUT2D eigenvalue weighted by molar-refractivity contribution is 5.84. The van der Waals surface area contributed by atoms with E-state index in [0.29, 0.717) is 11.5 Å². The molecule has 3 N–H and O–H groups in total. The number of benzene rings is 1. The van der Waals surface area contributed by atoms with E-state index in [2.05, 4.69) is 5.43 Å². The van der Waals surface area contributed by atoms with Crippen LogP contribution in [0, 0.1) is 0 Å². The lowest BCUT2D eigenvalue weighted by Gasteiger charge is -2.25. The van der Waals surface area contributed by atoms with E-state index >= 15 is 0 Å². The summed E-state index contributed by atoms with van der Waals surface area (Å²) in [6, 6.07) is 7.10. The van der Waals surface area contributed by atoms with Gasteiger partial charge < -0.3 is 9.47 Å². The van der Waals surface area contributed by atoms with Crippen LogP contribution < -0.4 is 20.7 Å². The van der Waals surface area contributed by atoms with E-state index in [0.717, 1.165) is 0 Å². The van der Waals surface area contributed by atoms with Gasteiger partial charge in [-0.05, 0) is 26.0 Å². The fourth-order valence-corrected chi connectivity index (χ4v) is 1.20. The molecular formula is C11H16N2O3. The maximum Gasteiger partial charge on any atom is 0.277 e. The first kappa shape index (κ1) is 12.3. The Morgan fingerprint density at radius 3 is 2.38 bits per heavy atom. The maximum atomic E-state index is 11.4. The number of carbonyl (C=O) groups excluding carboxylic acids is 1. The molecule has 16 heavy (non-hydrogen) atoms. The third-order valence-corrected chi connectivity index (χ3v) is 2.11. The highest BCUT2D eigenvalue weighted by atomic mass is 16.5. The zero-order chi connectivity index (χ0) is 12.2. The van der Waals surface area contributed by atoms with Crippen molar-refractivity contribution in [3.63, 3.8) is 0 Å². The fourth-order valence-electron chi connectivity index (χ4n) is 1.20. The molecule has 0 fully saturated rings. The molecule has 0 bridgehead atoms. The molecule has 5 nitrogen and oxygen atoms in total. The molecule has 1 aromatic carbocycles. The van der Waals surface area contributed by atoms with E-state index in [1.54, 1.807) is 32.0 Å². The lowest BCUT2D eigenvalue weighted by atomic mass is 10.1. The Labute approximate surface area is 94.5 Å². The molecule has 0 aliphatic carbocycles. The average Bonchev–Trinajstić information content (AvgIpc) is 2.28. The van der Waals surface area contributed by atoms with Crippen molar-refractivity contribution in [3.05, 3.63) is 24.3 Å². The van der Waals surface area contributed by atoms with Gasteiger partial charge in [-0.25, -0.2) is 5.84 Å². The predicted octanol–water partition coefficient (Wildman–Crippen LogP) is 0.843. The minimum atomic E-state index is -1.05. The number of methoxy groups -OCH3 is 1. The summed E-state index contributed by atoms with van der Waals surface area (Å²) in [5, 5.41) is 0.